The van der Waals surface area contributed by atoms with Gasteiger partial charge in [0.2, 0.25) is 0 Å². The van der Waals surface area contributed by atoms with Crippen LogP contribution in [0.5, 0.6) is 0 Å². The van der Waals surface area contributed by atoms with Gasteiger partial charge < -0.3 is 4.74 Å². The molecular formula is C12H14F6N2O. The first kappa shape index (κ1) is 17.7. The summed E-state index contributed by atoms with van der Waals surface area (Å²) in [6.45, 7) is -1.83. The number of hydrogen-bond donors (Lipinski definition) is 2. The molecule has 1 aromatic rings. The second-order valence-corrected chi connectivity index (χ2v) is 4.26. The minimum absolute atomic E-state index is 0.125. The Labute approximate surface area is 117 Å². The molecular weight excluding hydrogens is 302 g/mol. The summed E-state index contributed by atoms with van der Waals surface area (Å²) in [6, 6.07) is 3.76. The first-order valence-corrected chi connectivity index (χ1v) is 5.92. The zero-order chi connectivity index (χ0) is 16.1. The summed E-state index contributed by atoms with van der Waals surface area (Å²) in [5.41, 5.74) is 1.15. The van der Waals surface area contributed by atoms with Crippen molar-refractivity contribution < 1.29 is 31.1 Å². The van der Waals surface area contributed by atoms with Gasteiger partial charge in [-0.3, -0.25) is 11.3 Å². The molecule has 0 heterocycles. The summed E-state index contributed by atoms with van der Waals surface area (Å²) in [6.07, 6.45) is -9.17. The van der Waals surface area contributed by atoms with Gasteiger partial charge in [0.25, 0.3) is 0 Å². The molecule has 0 aliphatic heterocycles. The number of nitrogens with one attached hydrogen (secondary N) is 1. The second kappa shape index (κ2) is 7.10. The summed E-state index contributed by atoms with van der Waals surface area (Å²) in [5.74, 6) is 5.19. The van der Waals surface area contributed by atoms with Crippen LogP contribution in [0.1, 0.15) is 23.6 Å². The maximum Gasteiger partial charge on any atom is 0.416 e. The van der Waals surface area contributed by atoms with Crippen molar-refractivity contribution in [3.63, 3.8) is 0 Å². The number of nitrogens with two attached hydrogens (primary N) is 1. The van der Waals surface area contributed by atoms with E-state index < -0.39 is 30.6 Å². The van der Waals surface area contributed by atoms with Crippen LogP contribution >= 0.6 is 0 Å². The van der Waals surface area contributed by atoms with Crippen molar-refractivity contribution in [2.45, 2.75) is 24.8 Å². The third kappa shape index (κ3) is 5.90. The summed E-state index contributed by atoms with van der Waals surface area (Å²) < 4.78 is 78.6. The molecule has 21 heavy (non-hydrogen) atoms. The highest BCUT2D eigenvalue weighted by atomic mass is 19.4. The third-order valence-electron chi connectivity index (χ3n) is 2.66. The number of alkyl halides is 6. The Morgan fingerprint density at radius 3 is 2.24 bits per heavy atom. The predicted molar refractivity (Wildman–Crippen MR) is 63.0 cm³/mol. The van der Waals surface area contributed by atoms with Crippen molar-refractivity contribution in [2.24, 2.45) is 5.84 Å². The highest BCUT2D eigenvalue weighted by Crippen LogP contribution is 2.35. The van der Waals surface area contributed by atoms with Crippen LogP contribution in [0.2, 0.25) is 0 Å². The van der Waals surface area contributed by atoms with Crippen LogP contribution in [0.25, 0.3) is 0 Å². The van der Waals surface area contributed by atoms with Gasteiger partial charge in [-0.2, -0.15) is 26.3 Å². The van der Waals surface area contributed by atoms with E-state index in [9.17, 15) is 26.3 Å². The average molecular weight is 316 g/mol. The molecule has 120 valence electrons. The molecule has 0 fully saturated rings. The smallest absolute Gasteiger partial charge is 0.372 e. The molecule has 1 unspecified atom stereocenters. The zero-order valence-electron chi connectivity index (χ0n) is 10.8. The van der Waals surface area contributed by atoms with Crippen molar-refractivity contribution in [3.8, 4) is 0 Å². The van der Waals surface area contributed by atoms with E-state index in [0.717, 1.165) is 6.07 Å². The standard InChI is InChI=1S/C12H14F6N2O/c13-11(14,15)7-21-6-5-10(20-19)8-3-1-2-4-9(8)12(16,17)18/h1-4,10,20H,5-7,19H2. The monoisotopic (exact) mass is 316 g/mol. The van der Waals surface area contributed by atoms with Crippen LogP contribution < -0.4 is 11.3 Å². The van der Waals surface area contributed by atoms with E-state index in [0.29, 0.717) is 0 Å². The number of halogens is 6. The fourth-order valence-corrected chi connectivity index (χ4v) is 1.78. The van der Waals surface area contributed by atoms with Gasteiger partial charge in [0, 0.05) is 12.6 Å². The summed E-state index contributed by atoms with van der Waals surface area (Å²) in [4.78, 5) is 0. The van der Waals surface area contributed by atoms with E-state index in [4.69, 9.17) is 5.84 Å². The topological polar surface area (TPSA) is 47.3 Å². The largest absolute Gasteiger partial charge is 0.416 e. The van der Waals surface area contributed by atoms with Gasteiger partial charge in [0.05, 0.1) is 5.56 Å². The number of hydrazine groups is 1. The molecule has 0 saturated heterocycles. The van der Waals surface area contributed by atoms with E-state index in [1.807, 2.05) is 0 Å². The zero-order valence-corrected chi connectivity index (χ0v) is 10.8. The molecule has 0 aromatic heterocycles. The van der Waals surface area contributed by atoms with E-state index in [2.05, 4.69) is 10.2 Å². The lowest BCUT2D eigenvalue weighted by atomic mass is 9.98. The maximum atomic E-state index is 12.8. The van der Waals surface area contributed by atoms with Gasteiger partial charge in [-0.25, -0.2) is 0 Å². The lowest BCUT2D eigenvalue weighted by molar-refractivity contribution is -0.174. The van der Waals surface area contributed by atoms with Gasteiger partial charge >= 0.3 is 12.4 Å². The summed E-state index contributed by atoms with van der Waals surface area (Å²) in [7, 11) is 0. The Kier molecular flexibility index (Phi) is 5.99. The minimum Gasteiger partial charge on any atom is -0.372 e. The lowest BCUT2D eigenvalue weighted by Gasteiger charge is -2.21. The van der Waals surface area contributed by atoms with Gasteiger partial charge in [0.15, 0.2) is 0 Å². The number of rotatable bonds is 6. The van der Waals surface area contributed by atoms with E-state index >= 15 is 0 Å². The van der Waals surface area contributed by atoms with Crippen molar-refractivity contribution in [1.29, 1.82) is 0 Å². The fraction of sp³-hybridized carbons (Fsp3) is 0.500. The summed E-state index contributed by atoms with van der Waals surface area (Å²) in [5, 5.41) is 0. The fourth-order valence-electron chi connectivity index (χ4n) is 1.78. The average Bonchev–Trinajstić information content (AvgIpc) is 2.37. The van der Waals surface area contributed by atoms with Gasteiger partial charge in [-0.15, -0.1) is 0 Å². The number of benzene rings is 1. The van der Waals surface area contributed by atoms with Crippen molar-refractivity contribution in [1.82, 2.24) is 5.43 Å². The molecule has 0 spiro atoms. The highest BCUT2D eigenvalue weighted by molar-refractivity contribution is 5.32. The van der Waals surface area contributed by atoms with Crippen LogP contribution in [0.3, 0.4) is 0 Å². The second-order valence-electron chi connectivity index (χ2n) is 4.26. The van der Waals surface area contributed by atoms with Crippen LogP contribution in [-0.4, -0.2) is 19.4 Å². The van der Waals surface area contributed by atoms with Gasteiger partial charge in [-0.05, 0) is 18.1 Å². The van der Waals surface area contributed by atoms with Crippen LogP contribution in [0, 0.1) is 0 Å². The third-order valence-corrected chi connectivity index (χ3v) is 2.66. The molecule has 0 saturated carbocycles. The molecule has 0 bridgehead atoms. The Bertz CT molecular complexity index is 446. The van der Waals surface area contributed by atoms with E-state index in [1.54, 1.807) is 0 Å². The van der Waals surface area contributed by atoms with Crippen LogP contribution in [0.4, 0.5) is 26.3 Å². The molecule has 1 rings (SSSR count). The summed E-state index contributed by atoms with van der Waals surface area (Å²) >= 11 is 0. The van der Waals surface area contributed by atoms with E-state index in [-0.39, 0.29) is 18.6 Å². The quantitative estimate of drug-likeness (QED) is 0.367. The van der Waals surface area contributed by atoms with Gasteiger partial charge in [-0.1, -0.05) is 18.2 Å². The molecule has 0 amide bonds. The Morgan fingerprint density at radius 1 is 1.10 bits per heavy atom. The number of ether oxygens (including phenoxy) is 1. The molecule has 1 aromatic carbocycles. The SMILES string of the molecule is NNC(CCOCC(F)(F)F)c1ccccc1C(F)(F)F. The first-order valence-electron chi connectivity index (χ1n) is 5.92. The predicted octanol–water partition coefficient (Wildman–Crippen LogP) is 3.18. The highest BCUT2D eigenvalue weighted by Gasteiger charge is 2.34. The Morgan fingerprint density at radius 2 is 1.71 bits per heavy atom. The van der Waals surface area contributed by atoms with Crippen molar-refractivity contribution >= 4 is 0 Å². The van der Waals surface area contributed by atoms with Crippen LogP contribution in [0.15, 0.2) is 24.3 Å². The first-order chi connectivity index (χ1) is 9.65. The normalized spacial score (nSPS) is 14.2. The number of hydrogen-bond acceptors (Lipinski definition) is 3. The Hall–Kier alpha value is -1.32. The lowest BCUT2D eigenvalue weighted by Crippen LogP contribution is -2.31. The Balaban J connectivity index is 2.73. The van der Waals surface area contributed by atoms with Crippen molar-refractivity contribution in [2.75, 3.05) is 13.2 Å². The van der Waals surface area contributed by atoms with E-state index in [1.165, 1.54) is 18.2 Å². The molecule has 3 N–H and O–H groups in total. The van der Waals surface area contributed by atoms with Gasteiger partial charge in [0.1, 0.15) is 6.61 Å². The minimum atomic E-state index is -4.57. The molecule has 3 nitrogen and oxygen atoms in total. The molecule has 9 heteroatoms. The molecule has 0 aliphatic carbocycles. The molecule has 0 radical (unpaired) electrons. The van der Waals surface area contributed by atoms with Crippen LogP contribution in [-0.2, 0) is 10.9 Å². The molecule has 1 atom stereocenters. The maximum absolute atomic E-state index is 12.8. The molecule has 0 aliphatic rings. The van der Waals surface area contributed by atoms with Crippen molar-refractivity contribution in [3.05, 3.63) is 35.4 Å².